The second kappa shape index (κ2) is 5.12. The fraction of sp³-hybridized carbons (Fsp3) is 0.857. The lowest BCUT2D eigenvalue weighted by Crippen LogP contribution is -2.30. The highest BCUT2D eigenvalue weighted by Gasteiger charge is 2.03. The van der Waals surface area contributed by atoms with Crippen LogP contribution in [-0.4, -0.2) is 33.0 Å². The molecule has 0 aliphatic rings. The van der Waals surface area contributed by atoms with E-state index in [2.05, 4.69) is 5.32 Å². The van der Waals surface area contributed by atoms with Crippen molar-refractivity contribution in [3.63, 3.8) is 0 Å². The van der Waals surface area contributed by atoms with Gasteiger partial charge in [0.05, 0.1) is 18.2 Å². The van der Waals surface area contributed by atoms with Gasteiger partial charge >= 0.3 is 0 Å². The highest BCUT2D eigenvalue weighted by atomic mass is 32.2. The van der Waals surface area contributed by atoms with E-state index in [1.807, 2.05) is 13.0 Å². The zero-order valence-corrected chi connectivity index (χ0v) is 8.19. The van der Waals surface area contributed by atoms with E-state index in [9.17, 15) is 8.42 Å². The molecule has 1 atom stereocenters. The highest BCUT2D eigenvalue weighted by Crippen LogP contribution is 1.87. The summed E-state index contributed by atoms with van der Waals surface area (Å²) in [4.78, 5) is 0. The molecule has 12 heavy (non-hydrogen) atoms. The summed E-state index contributed by atoms with van der Waals surface area (Å²) in [7, 11) is -2.88. The van der Waals surface area contributed by atoms with Crippen molar-refractivity contribution in [1.82, 2.24) is 5.32 Å². The average molecular weight is 190 g/mol. The lowest BCUT2D eigenvalue weighted by atomic mass is 10.2. The van der Waals surface area contributed by atoms with Crippen molar-refractivity contribution >= 4 is 9.84 Å². The van der Waals surface area contributed by atoms with Gasteiger partial charge in [0, 0.05) is 18.8 Å². The van der Waals surface area contributed by atoms with E-state index in [-0.39, 0.29) is 11.8 Å². The molecule has 1 unspecified atom stereocenters. The molecular formula is C7H14N2O2S. The minimum absolute atomic E-state index is 0.0664. The summed E-state index contributed by atoms with van der Waals surface area (Å²) in [5.41, 5.74) is 0. The van der Waals surface area contributed by atoms with Crippen LogP contribution in [0.4, 0.5) is 0 Å². The van der Waals surface area contributed by atoms with Gasteiger partial charge in [-0.05, 0) is 6.92 Å². The van der Waals surface area contributed by atoms with Gasteiger partial charge in [-0.25, -0.2) is 8.42 Å². The van der Waals surface area contributed by atoms with Crippen LogP contribution in [-0.2, 0) is 9.84 Å². The predicted octanol–water partition coefficient (Wildman–Crippen LogP) is -0.0772. The number of hydrogen-bond acceptors (Lipinski definition) is 4. The Morgan fingerprint density at radius 2 is 2.17 bits per heavy atom. The van der Waals surface area contributed by atoms with E-state index in [1.165, 1.54) is 6.26 Å². The summed E-state index contributed by atoms with van der Waals surface area (Å²) >= 11 is 0. The second-order valence-corrected chi connectivity index (χ2v) is 5.11. The molecule has 0 saturated carbocycles. The molecule has 0 aromatic rings. The molecule has 70 valence electrons. The third kappa shape index (κ3) is 7.51. The Labute approximate surface area is 73.5 Å². The zero-order valence-electron chi connectivity index (χ0n) is 7.37. The molecule has 4 nitrogen and oxygen atoms in total. The molecule has 5 heteroatoms. The SMILES string of the molecule is CC(CC#N)NCCS(C)(=O)=O. The smallest absolute Gasteiger partial charge is 0.148 e. The standard InChI is InChI=1S/C7H14N2O2S/c1-7(3-4-8)9-5-6-12(2,10)11/h7,9H,3,5-6H2,1-2H3. The van der Waals surface area contributed by atoms with Gasteiger partial charge in [0.2, 0.25) is 0 Å². The Morgan fingerprint density at radius 1 is 1.58 bits per heavy atom. The first-order valence-electron chi connectivity index (χ1n) is 3.74. The van der Waals surface area contributed by atoms with Crippen molar-refractivity contribution in [3.8, 4) is 6.07 Å². The molecule has 0 aliphatic heterocycles. The molecule has 0 spiro atoms. The summed E-state index contributed by atoms with van der Waals surface area (Å²) in [6.45, 7) is 2.27. The molecule has 0 aromatic heterocycles. The van der Waals surface area contributed by atoms with Crippen LogP contribution in [0.15, 0.2) is 0 Å². The van der Waals surface area contributed by atoms with Gasteiger partial charge in [-0.1, -0.05) is 0 Å². The lowest BCUT2D eigenvalue weighted by molar-refractivity contribution is 0.565. The first kappa shape index (κ1) is 11.4. The molecule has 1 N–H and O–H groups in total. The minimum atomic E-state index is -2.88. The Hall–Kier alpha value is -0.600. The molecule has 0 aromatic carbocycles. The molecular weight excluding hydrogens is 176 g/mol. The van der Waals surface area contributed by atoms with Gasteiger partial charge in [0.1, 0.15) is 9.84 Å². The summed E-state index contributed by atoms with van der Waals surface area (Å²) < 4.78 is 21.3. The Morgan fingerprint density at radius 3 is 2.58 bits per heavy atom. The number of nitriles is 1. The van der Waals surface area contributed by atoms with Crippen LogP contribution in [0, 0.1) is 11.3 Å². The molecule has 0 bridgehead atoms. The fourth-order valence-electron chi connectivity index (χ4n) is 0.700. The Bertz CT molecular complexity index is 253. The third-order valence-corrected chi connectivity index (χ3v) is 2.31. The van der Waals surface area contributed by atoms with Crippen molar-refractivity contribution in [2.24, 2.45) is 0 Å². The van der Waals surface area contributed by atoms with Crippen molar-refractivity contribution in [1.29, 1.82) is 5.26 Å². The summed E-state index contributed by atoms with van der Waals surface area (Å²) in [6, 6.07) is 2.07. The Balaban J connectivity index is 3.52. The van der Waals surface area contributed by atoms with Crippen LogP contribution in [0.2, 0.25) is 0 Å². The van der Waals surface area contributed by atoms with E-state index in [1.54, 1.807) is 0 Å². The van der Waals surface area contributed by atoms with Crippen molar-refractivity contribution in [2.45, 2.75) is 19.4 Å². The van der Waals surface area contributed by atoms with Crippen molar-refractivity contribution < 1.29 is 8.42 Å². The van der Waals surface area contributed by atoms with Gasteiger partial charge in [0.15, 0.2) is 0 Å². The summed E-state index contributed by atoms with van der Waals surface area (Å²) in [5.74, 6) is 0.128. The number of rotatable bonds is 5. The summed E-state index contributed by atoms with van der Waals surface area (Å²) in [5, 5.41) is 11.2. The maximum atomic E-state index is 10.7. The molecule has 0 amide bonds. The van der Waals surface area contributed by atoms with E-state index >= 15 is 0 Å². The highest BCUT2D eigenvalue weighted by molar-refractivity contribution is 7.90. The number of nitrogens with zero attached hydrogens (tertiary/aromatic N) is 1. The van der Waals surface area contributed by atoms with Crippen molar-refractivity contribution in [2.75, 3.05) is 18.6 Å². The third-order valence-electron chi connectivity index (χ3n) is 1.36. The van der Waals surface area contributed by atoms with E-state index in [4.69, 9.17) is 5.26 Å². The van der Waals surface area contributed by atoms with Crippen LogP contribution in [0.3, 0.4) is 0 Å². The minimum Gasteiger partial charge on any atom is -0.312 e. The first-order chi connectivity index (χ1) is 5.45. The van der Waals surface area contributed by atoms with Crippen LogP contribution in [0.1, 0.15) is 13.3 Å². The van der Waals surface area contributed by atoms with Crippen LogP contribution in [0.25, 0.3) is 0 Å². The quantitative estimate of drug-likeness (QED) is 0.658. The molecule has 0 radical (unpaired) electrons. The normalized spacial score (nSPS) is 13.8. The van der Waals surface area contributed by atoms with Gasteiger partial charge in [-0.3, -0.25) is 0 Å². The number of hydrogen-bond donors (Lipinski definition) is 1. The van der Waals surface area contributed by atoms with E-state index in [0.717, 1.165) is 0 Å². The van der Waals surface area contributed by atoms with E-state index < -0.39 is 9.84 Å². The number of nitrogens with one attached hydrogen (secondary N) is 1. The van der Waals surface area contributed by atoms with E-state index in [0.29, 0.717) is 13.0 Å². The maximum Gasteiger partial charge on any atom is 0.148 e. The molecule has 0 heterocycles. The fourth-order valence-corrected chi connectivity index (χ4v) is 1.19. The first-order valence-corrected chi connectivity index (χ1v) is 5.80. The largest absolute Gasteiger partial charge is 0.312 e. The van der Waals surface area contributed by atoms with Gasteiger partial charge < -0.3 is 5.32 Å². The topological polar surface area (TPSA) is 70.0 Å². The van der Waals surface area contributed by atoms with Crippen LogP contribution < -0.4 is 5.32 Å². The molecule has 0 aliphatic carbocycles. The number of sulfone groups is 1. The second-order valence-electron chi connectivity index (χ2n) is 2.85. The zero-order chi connectivity index (χ0) is 9.61. The average Bonchev–Trinajstić information content (AvgIpc) is 1.84. The van der Waals surface area contributed by atoms with Crippen molar-refractivity contribution in [3.05, 3.63) is 0 Å². The Kier molecular flexibility index (Phi) is 4.86. The maximum absolute atomic E-state index is 10.7. The molecule has 0 fully saturated rings. The molecule has 0 saturated heterocycles. The van der Waals surface area contributed by atoms with Gasteiger partial charge in [-0.15, -0.1) is 0 Å². The van der Waals surface area contributed by atoms with Crippen LogP contribution in [0.5, 0.6) is 0 Å². The lowest BCUT2D eigenvalue weighted by Gasteiger charge is -2.08. The molecule has 0 rings (SSSR count). The van der Waals surface area contributed by atoms with Gasteiger partial charge in [0.25, 0.3) is 0 Å². The van der Waals surface area contributed by atoms with Gasteiger partial charge in [-0.2, -0.15) is 5.26 Å². The summed E-state index contributed by atoms with van der Waals surface area (Å²) in [6.07, 6.45) is 1.60. The monoisotopic (exact) mass is 190 g/mol. The predicted molar refractivity (Wildman–Crippen MR) is 47.4 cm³/mol. The van der Waals surface area contributed by atoms with Crippen LogP contribution >= 0.6 is 0 Å².